The molecule has 1 aromatic rings. The van der Waals surface area contributed by atoms with Crippen molar-refractivity contribution in [2.45, 2.75) is 52.1 Å². The number of aromatic nitrogens is 2. The van der Waals surface area contributed by atoms with E-state index in [1.165, 1.54) is 10.7 Å². The van der Waals surface area contributed by atoms with Crippen LogP contribution in [-0.2, 0) is 20.9 Å². The summed E-state index contributed by atoms with van der Waals surface area (Å²) in [6, 6.07) is 2.87. The maximum Gasteiger partial charge on any atom is 0.307 e. The Hall–Kier alpha value is -2.18. The quantitative estimate of drug-likeness (QED) is 0.752. The van der Waals surface area contributed by atoms with Crippen LogP contribution in [0.2, 0.25) is 0 Å². The second-order valence-electron chi connectivity index (χ2n) is 5.72. The summed E-state index contributed by atoms with van der Waals surface area (Å²) < 4.78 is 6.16. The van der Waals surface area contributed by atoms with E-state index < -0.39 is 0 Å². The molecule has 1 aromatic heterocycles. The lowest BCUT2D eigenvalue weighted by molar-refractivity contribution is -0.146. The van der Waals surface area contributed by atoms with Gasteiger partial charge in [-0.25, -0.2) is 4.68 Å². The number of rotatable bonds is 5. The van der Waals surface area contributed by atoms with Crippen molar-refractivity contribution in [1.82, 2.24) is 14.7 Å². The molecule has 1 saturated heterocycles. The van der Waals surface area contributed by atoms with E-state index >= 15 is 0 Å². The molecule has 2 rings (SSSR count). The molecule has 0 aliphatic carbocycles. The van der Waals surface area contributed by atoms with E-state index in [1.807, 2.05) is 0 Å². The fraction of sp³-hybridized carbons (Fsp3) is 0.625. The van der Waals surface area contributed by atoms with Gasteiger partial charge in [-0.05, 0) is 39.2 Å². The Kier molecular flexibility index (Phi) is 5.90. The molecular formula is C16H23N3O4. The number of hydrogen-bond donors (Lipinski definition) is 0. The lowest BCUT2D eigenvalue weighted by Crippen LogP contribution is -2.47. The minimum Gasteiger partial charge on any atom is -0.466 e. The van der Waals surface area contributed by atoms with Gasteiger partial charge in [-0.3, -0.25) is 14.4 Å². The molecule has 23 heavy (non-hydrogen) atoms. The van der Waals surface area contributed by atoms with Crippen LogP contribution in [0.1, 0.15) is 38.3 Å². The summed E-state index contributed by atoms with van der Waals surface area (Å²) in [7, 11) is 0. The first-order valence-corrected chi connectivity index (χ1v) is 8.01. The SMILES string of the molecule is CCOC(=O)C[C@H]1CCCCN1C(=O)Cn1nc(C)ccc1=O. The van der Waals surface area contributed by atoms with Crippen LogP contribution in [0.5, 0.6) is 0 Å². The molecule has 1 atom stereocenters. The van der Waals surface area contributed by atoms with Gasteiger partial charge in [0, 0.05) is 18.7 Å². The number of esters is 1. The Bertz CT molecular complexity index is 626. The maximum atomic E-state index is 12.6. The predicted molar refractivity (Wildman–Crippen MR) is 83.8 cm³/mol. The van der Waals surface area contributed by atoms with E-state index in [4.69, 9.17) is 4.74 Å². The van der Waals surface area contributed by atoms with Crippen LogP contribution in [0, 0.1) is 6.92 Å². The molecule has 0 N–H and O–H groups in total. The normalized spacial score (nSPS) is 17.8. The number of nitrogens with zero attached hydrogens (tertiary/aromatic N) is 3. The van der Waals surface area contributed by atoms with Gasteiger partial charge < -0.3 is 9.64 Å². The molecule has 2 heterocycles. The molecule has 0 bridgehead atoms. The van der Waals surface area contributed by atoms with Gasteiger partial charge in [-0.15, -0.1) is 0 Å². The van der Waals surface area contributed by atoms with Gasteiger partial charge in [-0.1, -0.05) is 0 Å². The van der Waals surface area contributed by atoms with E-state index in [9.17, 15) is 14.4 Å². The maximum absolute atomic E-state index is 12.6. The lowest BCUT2D eigenvalue weighted by atomic mass is 9.99. The molecule has 7 heteroatoms. The van der Waals surface area contributed by atoms with E-state index in [0.717, 1.165) is 19.3 Å². The summed E-state index contributed by atoms with van der Waals surface area (Å²) in [6.07, 6.45) is 2.87. The zero-order valence-corrected chi connectivity index (χ0v) is 13.7. The second-order valence-corrected chi connectivity index (χ2v) is 5.72. The van der Waals surface area contributed by atoms with E-state index in [2.05, 4.69) is 5.10 Å². The first-order valence-electron chi connectivity index (χ1n) is 8.01. The van der Waals surface area contributed by atoms with Crippen molar-refractivity contribution < 1.29 is 14.3 Å². The number of piperidine rings is 1. The van der Waals surface area contributed by atoms with Crippen LogP contribution >= 0.6 is 0 Å². The third-order valence-electron chi connectivity index (χ3n) is 3.94. The van der Waals surface area contributed by atoms with Gasteiger partial charge in [0.05, 0.1) is 18.7 Å². The Morgan fingerprint density at radius 2 is 2.13 bits per heavy atom. The van der Waals surface area contributed by atoms with Crippen LogP contribution in [0.3, 0.4) is 0 Å². The molecule has 0 radical (unpaired) electrons. The fourth-order valence-corrected chi connectivity index (χ4v) is 2.84. The van der Waals surface area contributed by atoms with Crippen LogP contribution in [0.25, 0.3) is 0 Å². The first-order chi connectivity index (χ1) is 11.0. The molecule has 1 amide bonds. The van der Waals surface area contributed by atoms with Gasteiger partial charge in [0.2, 0.25) is 5.91 Å². The molecule has 1 aliphatic rings. The van der Waals surface area contributed by atoms with Crippen molar-refractivity contribution in [3.63, 3.8) is 0 Å². The molecule has 1 fully saturated rings. The highest BCUT2D eigenvalue weighted by atomic mass is 16.5. The molecule has 0 spiro atoms. The monoisotopic (exact) mass is 321 g/mol. The van der Waals surface area contributed by atoms with Crippen LogP contribution < -0.4 is 5.56 Å². The van der Waals surface area contributed by atoms with E-state index in [1.54, 1.807) is 24.8 Å². The molecule has 1 aliphatic heterocycles. The first kappa shape index (κ1) is 17.2. The van der Waals surface area contributed by atoms with Crippen LogP contribution in [0.4, 0.5) is 0 Å². The molecule has 0 saturated carbocycles. The van der Waals surface area contributed by atoms with E-state index in [-0.39, 0.29) is 36.4 Å². The number of carbonyl (C=O) groups excluding carboxylic acids is 2. The van der Waals surface area contributed by atoms with Crippen LogP contribution in [0.15, 0.2) is 16.9 Å². The van der Waals surface area contributed by atoms with Crippen molar-refractivity contribution in [2.24, 2.45) is 0 Å². The second kappa shape index (κ2) is 7.89. The average molecular weight is 321 g/mol. The minimum atomic E-state index is -0.303. The summed E-state index contributed by atoms with van der Waals surface area (Å²) in [4.78, 5) is 37.7. The molecule has 126 valence electrons. The third-order valence-corrected chi connectivity index (χ3v) is 3.94. The highest BCUT2D eigenvalue weighted by molar-refractivity contribution is 5.78. The Morgan fingerprint density at radius 3 is 2.87 bits per heavy atom. The summed E-state index contributed by atoms with van der Waals surface area (Å²) in [5.41, 5.74) is 0.377. The summed E-state index contributed by atoms with van der Waals surface area (Å²) in [6.45, 7) is 4.37. The number of carbonyl (C=O) groups is 2. The van der Waals surface area contributed by atoms with Crippen molar-refractivity contribution in [2.75, 3.05) is 13.2 Å². The smallest absolute Gasteiger partial charge is 0.307 e. The molecule has 0 aromatic carbocycles. The lowest BCUT2D eigenvalue weighted by Gasteiger charge is -2.35. The number of likely N-dealkylation sites (tertiary alicyclic amines) is 1. The fourth-order valence-electron chi connectivity index (χ4n) is 2.84. The van der Waals surface area contributed by atoms with Gasteiger partial charge in [0.15, 0.2) is 0 Å². The zero-order valence-electron chi connectivity index (χ0n) is 13.7. The average Bonchev–Trinajstić information content (AvgIpc) is 2.51. The highest BCUT2D eigenvalue weighted by Gasteiger charge is 2.29. The number of ether oxygens (including phenoxy) is 1. The van der Waals surface area contributed by atoms with Gasteiger partial charge >= 0.3 is 5.97 Å². The highest BCUT2D eigenvalue weighted by Crippen LogP contribution is 2.20. The number of aryl methyl sites for hydroxylation is 1. The Morgan fingerprint density at radius 1 is 1.35 bits per heavy atom. The summed E-state index contributed by atoms with van der Waals surface area (Å²) in [5.74, 6) is -0.470. The van der Waals surface area contributed by atoms with Crippen molar-refractivity contribution in [1.29, 1.82) is 0 Å². The van der Waals surface area contributed by atoms with Crippen LogP contribution in [-0.4, -0.2) is 45.8 Å². The Labute approximate surface area is 135 Å². The standard InChI is InChI=1S/C16H23N3O4/c1-3-23-16(22)10-13-6-4-5-9-18(13)15(21)11-19-14(20)8-7-12(2)17-19/h7-8,13H,3-6,9-11H2,1-2H3/t13-/m1/s1. The topological polar surface area (TPSA) is 81.5 Å². The van der Waals surface area contributed by atoms with Gasteiger partial charge in [-0.2, -0.15) is 5.10 Å². The summed E-state index contributed by atoms with van der Waals surface area (Å²) in [5, 5.41) is 4.09. The molecule has 7 nitrogen and oxygen atoms in total. The predicted octanol–water partition coefficient (Wildman–Crippen LogP) is 0.886. The van der Waals surface area contributed by atoms with Gasteiger partial charge in [0.1, 0.15) is 6.54 Å². The number of hydrogen-bond acceptors (Lipinski definition) is 5. The summed E-state index contributed by atoms with van der Waals surface area (Å²) >= 11 is 0. The van der Waals surface area contributed by atoms with Crippen molar-refractivity contribution in [3.8, 4) is 0 Å². The Balaban J connectivity index is 2.07. The zero-order chi connectivity index (χ0) is 16.8. The number of amides is 1. The molecular weight excluding hydrogens is 298 g/mol. The largest absolute Gasteiger partial charge is 0.466 e. The van der Waals surface area contributed by atoms with Gasteiger partial charge in [0.25, 0.3) is 5.56 Å². The van der Waals surface area contributed by atoms with Crippen molar-refractivity contribution in [3.05, 3.63) is 28.2 Å². The van der Waals surface area contributed by atoms with Crippen molar-refractivity contribution >= 4 is 11.9 Å². The minimum absolute atomic E-state index is 0.0974. The van der Waals surface area contributed by atoms with E-state index in [0.29, 0.717) is 18.8 Å². The third kappa shape index (κ3) is 4.64. The molecule has 0 unspecified atom stereocenters.